The number of aromatic nitrogens is 3. The Morgan fingerprint density at radius 3 is 2.59 bits per heavy atom. The van der Waals surface area contributed by atoms with Crippen molar-refractivity contribution >= 4 is 18.6 Å². The van der Waals surface area contributed by atoms with Crippen LogP contribution in [0.25, 0.3) is 11.4 Å². The standard InChI is InChI=1S/C19H20FN7/c1-12(2)23-18-25-17(15-7-5-6-8-16(15)20)26-19(27-18)24-13(3)9-14(10-21)11-22-4/h5-9,11-12H,4H2,1-3H3,(H2,23,24,25,26,27)/b13-9+,14-11+. The zero-order valence-electron chi connectivity index (χ0n) is 15.4. The van der Waals surface area contributed by atoms with E-state index in [1.54, 1.807) is 31.2 Å². The number of nitrogens with one attached hydrogen (secondary N) is 2. The van der Waals surface area contributed by atoms with Crippen molar-refractivity contribution in [2.24, 2.45) is 4.99 Å². The molecule has 2 N–H and O–H groups in total. The molecule has 0 aliphatic rings. The van der Waals surface area contributed by atoms with Crippen molar-refractivity contribution in [2.75, 3.05) is 10.6 Å². The summed E-state index contributed by atoms with van der Waals surface area (Å²) in [6, 6.07) is 8.34. The van der Waals surface area contributed by atoms with Crippen LogP contribution in [0.5, 0.6) is 0 Å². The van der Waals surface area contributed by atoms with Gasteiger partial charge in [-0.2, -0.15) is 20.2 Å². The predicted octanol–water partition coefficient (Wildman–Crippen LogP) is 3.92. The summed E-state index contributed by atoms with van der Waals surface area (Å²) in [5.41, 5.74) is 1.19. The van der Waals surface area contributed by atoms with Crippen LogP contribution in [0.1, 0.15) is 20.8 Å². The molecular formula is C19H20FN7. The number of allylic oxidation sites excluding steroid dienone is 3. The van der Waals surface area contributed by atoms with Crippen molar-refractivity contribution in [3.63, 3.8) is 0 Å². The summed E-state index contributed by atoms with van der Waals surface area (Å²) in [7, 11) is 0. The molecule has 0 amide bonds. The van der Waals surface area contributed by atoms with Gasteiger partial charge in [-0.25, -0.2) is 4.39 Å². The topological polar surface area (TPSA) is 98.9 Å². The number of nitriles is 1. The van der Waals surface area contributed by atoms with Crippen LogP contribution in [0, 0.1) is 17.1 Å². The minimum absolute atomic E-state index is 0.0807. The summed E-state index contributed by atoms with van der Waals surface area (Å²) < 4.78 is 14.2. The minimum Gasteiger partial charge on any atom is -0.352 e. The molecule has 1 aromatic heterocycles. The van der Waals surface area contributed by atoms with Gasteiger partial charge in [-0.15, -0.1) is 0 Å². The van der Waals surface area contributed by atoms with Gasteiger partial charge in [0.15, 0.2) is 5.82 Å². The van der Waals surface area contributed by atoms with Crippen LogP contribution in [0.3, 0.4) is 0 Å². The second-order valence-corrected chi connectivity index (χ2v) is 5.92. The molecule has 0 bridgehead atoms. The molecule has 0 aliphatic carbocycles. The van der Waals surface area contributed by atoms with Gasteiger partial charge < -0.3 is 10.6 Å². The summed E-state index contributed by atoms with van der Waals surface area (Å²) in [5.74, 6) is 0.316. The van der Waals surface area contributed by atoms with Crippen LogP contribution in [-0.2, 0) is 0 Å². The fourth-order valence-corrected chi connectivity index (χ4v) is 2.16. The Morgan fingerprint density at radius 1 is 1.26 bits per heavy atom. The average molecular weight is 365 g/mol. The number of hydrogen-bond donors (Lipinski definition) is 2. The molecule has 2 aromatic rings. The Bertz CT molecular complexity index is 926. The molecule has 0 saturated carbocycles. The highest BCUT2D eigenvalue weighted by atomic mass is 19.1. The van der Waals surface area contributed by atoms with Crippen molar-refractivity contribution in [2.45, 2.75) is 26.8 Å². The zero-order valence-corrected chi connectivity index (χ0v) is 15.4. The number of anilines is 2. The predicted molar refractivity (Wildman–Crippen MR) is 105 cm³/mol. The van der Waals surface area contributed by atoms with Crippen LogP contribution in [-0.4, -0.2) is 27.7 Å². The summed E-state index contributed by atoms with van der Waals surface area (Å²) in [4.78, 5) is 16.5. The lowest BCUT2D eigenvalue weighted by atomic mass is 10.2. The van der Waals surface area contributed by atoms with Gasteiger partial charge in [0, 0.05) is 17.9 Å². The Morgan fingerprint density at radius 2 is 1.96 bits per heavy atom. The van der Waals surface area contributed by atoms with E-state index in [1.165, 1.54) is 12.3 Å². The maximum absolute atomic E-state index is 14.2. The van der Waals surface area contributed by atoms with Gasteiger partial charge >= 0.3 is 0 Å². The van der Waals surface area contributed by atoms with Crippen molar-refractivity contribution < 1.29 is 4.39 Å². The van der Waals surface area contributed by atoms with E-state index in [9.17, 15) is 4.39 Å². The summed E-state index contributed by atoms with van der Waals surface area (Å²) in [6.07, 6.45) is 2.92. The molecule has 1 aromatic carbocycles. The van der Waals surface area contributed by atoms with Crippen LogP contribution in [0.15, 0.2) is 52.8 Å². The molecule has 138 valence electrons. The molecule has 2 rings (SSSR count). The molecule has 0 saturated heterocycles. The number of rotatable bonds is 7. The Balaban J connectivity index is 2.44. The molecule has 0 radical (unpaired) electrons. The van der Waals surface area contributed by atoms with Gasteiger partial charge in [0.2, 0.25) is 11.9 Å². The van der Waals surface area contributed by atoms with Gasteiger partial charge in [0.25, 0.3) is 0 Å². The number of benzene rings is 1. The third kappa shape index (κ3) is 5.71. The Hall–Kier alpha value is -3.60. The Kier molecular flexibility index (Phi) is 6.72. The first-order valence-electron chi connectivity index (χ1n) is 8.22. The van der Waals surface area contributed by atoms with Crippen LogP contribution < -0.4 is 10.6 Å². The SMILES string of the molecule is C=N/C=C(C#N)\C=C(/C)Nc1nc(NC(C)C)nc(-c2ccccc2F)n1. The van der Waals surface area contributed by atoms with E-state index < -0.39 is 5.82 Å². The molecule has 8 heteroatoms. The van der Waals surface area contributed by atoms with Gasteiger partial charge in [-0.1, -0.05) is 12.1 Å². The highest BCUT2D eigenvalue weighted by Gasteiger charge is 2.13. The van der Waals surface area contributed by atoms with E-state index in [-0.39, 0.29) is 23.4 Å². The van der Waals surface area contributed by atoms with E-state index in [2.05, 4.69) is 37.3 Å². The smallest absolute Gasteiger partial charge is 0.232 e. The fraction of sp³-hybridized carbons (Fsp3) is 0.211. The quantitative estimate of drug-likeness (QED) is 0.438. The summed E-state index contributed by atoms with van der Waals surface area (Å²) >= 11 is 0. The lowest BCUT2D eigenvalue weighted by Gasteiger charge is -2.12. The number of hydrogen-bond acceptors (Lipinski definition) is 7. The van der Waals surface area contributed by atoms with Crippen molar-refractivity contribution in [3.8, 4) is 17.5 Å². The van der Waals surface area contributed by atoms with Crippen LogP contribution in [0.2, 0.25) is 0 Å². The molecule has 1 heterocycles. The summed E-state index contributed by atoms with van der Waals surface area (Å²) in [5, 5.41) is 15.1. The molecule has 0 unspecified atom stereocenters. The van der Waals surface area contributed by atoms with E-state index in [0.29, 0.717) is 17.2 Å². The van der Waals surface area contributed by atoms with E-state index >= 15 is 0 Å². The molecule has 0 atom stereocenters. The monoisotopic (exact) mass is 365 g/mol. The molecule has 7 nitrogen and oxygen atoms in total. The van der Waals surface area contributed by atoms with E-state index in [4.69, 9.17) is 5.26 Å². The van der Waals surface area contributed by atoms with Crippen molar-refractivity contribution in [3.05, 3.63) is 53.6 Å². The molecule has 0 spiro atoms. The second kappa shape index (κ2) is 9.20. The number of aliphatic imine (C=N–C) groups is 1. The van der Waals surface area contributed by atoms with Crippen molar-refractivity contribution in [1.29, 1.82) is 5.26 Å². The van der Waals surface area contributed by atoms with E-state index in [1.807, 2.05) is 19.9 Å². The lowest BCUT2D eigenvalue weighted by Crippen LogP contribution is -2.15. The van der Waals surface area contributed by atoms with Gasteiger partial charge in [0.05, 0.1) is 11.1 Å². The maximum Gasteiger partial charge on any atom is 0.232 e. The van der Waals surface area contributed by atoms with Crippen molar-refractivity contribution in [1.82, 2.24) is 15.0 Å². The highest BCUT2D eigenvalue weighted by Crippen LogP contribution is 2.21. The molecular weight excluding hydrogens is 345 g/mol. The zero-order chi connectivity index (χ0) is 19.8. The number of halogens is 1. The van der Waals surface area contributed by atoms with Crippen LogP contribution in [0.4, 0.5) is 16.3 Å². The molecule has 0 fully saturated rings. The van der Waals surface area contributed by atoms with Gasteiger partial charge in [-0.05, 0) is 45.7 Å². The first-order chi connectivity index (χ1) is 12.9. The largest absolute Gasteiger partial charge is 0.352 e. The average Bonchev–Trinajstić information content (AvgIpc) is 2.60. The fourth-order valence-electron chi connectivity index (χ4n) is 2.16. The first kappa shape index (κ1) is 19.7. The third-order valence-corrected chi connectivity index (χ3v) is 3.21. The number of nitrogens with zero attached hydrogens (tertiary/aromatic N) is 5. The first-order valence-corrected chi connectivity index (χ1v) is 8.22. The maximum atomic E-state index is 14.2. The molecule has 0 aliphatic heterocycles. The minimum atomic E-state index is -0.427. The third-order valence-electron chi connectivity index (χ3n) is 3.21. The lowest BCUT2D eigenvalue weighted by molar-refractivity contribution is 0.630. The highest BCUT2D eigenvalue weighted by molar-refractivity contribution is 5.59. The Labute approximate surface area is 157 Å². The second-order valence-electron chi connectivity index (χ2n) is 5.92. The normalized spacial score (nSPS) is 11.9. The molecule has 27 heavy (non-hydrogen) atoms. The van der Waals surface area contributed by atoms with Gasteiger partial charge in [0.1, 0.15) is 11.9 Å². The van der Waals surface area contributed by atoms with Gasteiger partial charge in [-0.3, -0.25) is 4.99 Å². The van der Waals surface area contributed by atoms with E-state index in [0.717, 1.165) is 0 Å². The summed E-state index contributed by atoms with van der Waals surface area (Å²) in [6.45, 7) is 8.96. The van der Waals surface area contributed by atoms with Crippen LogP contribution >= 0.6 is 0 Å².